The summed E-state index contributed by atoms with van der Waals surface area (Å²) >= 11 is 0. The molecule has 3 atom stereocenters. The van der Waals surface area contributed by atoms with Crippen LogP contribution < -0.4 is 15.4 Å². The lowest BCUT2D eigenvalue weighted by Gasteiger charge is -2.26. The number of nitrogens with zero attached hydrogens (tertiary/aromatic N) is 1. The number of hydrogen-bond donors (Lipinski definition) is 2. The highest BCUT2D eigenvalue weighted by molar-refractivity contribution is 6.04. The normalized spacial score (nSPS) is 29.6. The van der Waals surface area contributed by atoms with Crippen molar-refractivity contribution in [3.63, 3.8) is 0 Å². The number of hydrogen-bond acceptors (Lipinski definition) is 4. The van der Waals surface area contributed by atoms with Crippen LogP contribution in [0.5, 0.6) is 5.75 Å². The van der Waals surface area contributed by atoms with Crippen molar-refractivity contribution < 1.29 is 14.3 Å². The summed E-state index contributed by atoms with van der Waals surface area (Å²) in [5, 5.41) is 6.16. The zero-order valence-electron chi connectivity index (χ0n) is 12.5. The van der Waals surface area contributed by atoms with E-state index in [9.17, 15) is 9.59 Å². The molecule has 22 heavy (non-hydrogen) atoms. The van der Waals surface area contributed by atoms with E-state index in [2.05, 4.69) is 10.6 Å². The van der Waals surface area contributed by atoms with Crippen LogP contribution in [0.1, 0.15) is 17.3 Å². The van der Waals surface area contributed by atoms with Crippen molar-refractivity contribution in [1.29, 1.82) is 0 Å². The minimum Gasteiger partial charge on any atom is -0.478 e. The molecule has 4 rings (SSSR count). The Hall–Kier alpha value is -2.08. The Morgan fingerprint density at radius 2 is 2.00 bits per heavy atom. The summed E-state index contributed by atoms with van der Waals surface area (Å²) in [6.07, 6.45) is -0.580. The molecule has 3 heterocycles. The molecule has 3 aliphatic heterocycles. The highest BCUT2D eigenvalue weighted by atomic mass is 16.5. The lowest BCUT2D eigenvalue weighted by atomic mass is 10.0. The highest BCUT2D eigenvalue weighted by Crippen LogP contribution is 2.35. The number of carbonyl (C=O) groups is 2. The van der Waals surface area contributed by atoms with Crippen LogP contribution in [-0.2, 0) is 4.79 Å². The first kappa shape index (κ1) is 13.6. The molecular formula is C16H19N3O3. The number of fused-ring (bicyclic) bond motifs is 2. The number of anilines is 1. The number of nitrogens with one attached hydrogen (secondary N) is 2. The molecular weight excluding hydrogens is 282 g/mol. The number of ether oxygens (including phenoxy) is 1. The first-order valence-corrected chi connectivity index (χ1v) is 7.74. The smallest absolute Gasteiger partial charge is 0.265 e. The van der Waals surface area contributed by atoms with E-state index in [0.717, 1.165) is 26.2 Å². The molecule has 2 N–H and O–H groups in total. The molecule has 1 unspecified atom stereocenters. The maximum Gasteiger partial charge on any atom is 0.265 e. The molecule has 3 aliphatic rings. The quantitative estimate of drug-likeness (QED) is 0.801. The van der Waals surface area contributed by atoms with Crippen LogP contribution in [0.25, 0.3) is 0 Å². The van der Waals surface area contributed by atoms with Crippen LogP contribution in [-0.4, -0.2) is 49.0 Å². The number of para-hydroxylation sites is 1. The van der Waals surface area contributed by atoms with Gasteiger partial charge in [0.15, 0.2) is 11.9 Å². The van der Waals surface area contributed by atoms with Gasteiger partial charge in [-0.15, -0.1) is 0 Å². The Morgan fingerprint density at radius 3 is 2.73 bits per heavy atom. The van der Waals surface area contributed by atoms with Gasteiger partial charge in [0.2, 0.25) is 0 Å². The minimum absolute atomic E-state index is 0.00500. The van der Waals surface area contributed by atoms with Crippen molar-refractivity contribution in [2.24, 2.45) is 11.8 Å². The molecule has 0 saturated carbocycles. The second kappa shape index (κ2) is 4.98. The lowest BCUT2D eigenvalue weighted by molar-refractivity contribution is -0.122. The monoisotopic (exact) mass is 301 g/mol. The van der Waals surface area contributed by atoms with Gasteiger partial charge in [-0.3, -0.25) is 9.59 Å². The van der Waals surface area contributed by atoms with Gasteiger partial charge in [-0.05, 0) is 30.9 Å². The van der Waals surface area contributed by atoms with Gasteiger partial charge in [0.05, 0.1) is 11.3 Å². The Labute approximate surface area is 128 Å². The van der Waals surface area contributed by atoms with Crippen LogP contribution in [0.15, 0.2) is 18.2 Å². The zero-order valence-corrected chi connectivity index (χ0v) is 12.5. The van der Waals surface area contributed by atoms with E-state index in [1.807, 2.05) is 4.90 Å². The second-order valence-electron chi connectivity index (χ2n) is 6.32. The predicted molar refractivity (Wildman–Crippen MR) is 80.9 cm³/mol. The maximum atomic E-state index is 12.9. The van der Waals surface area contributed by atoms with Crippen molar-refractivity contribution in [3.05, 3.63) is 23.8 Å². The molecule has 116 valence electrons. The van der Waals surface area contributed by atoms with Crippen molar-refractivity contribution in [1.82, 2.24) is 10.2 Å². The number of amides is 2. The van der Waals surface area contributed by atoms with Gasteiger partial charge >= 0.3 is 0 Å². The summed E-state index contributed by atoms with van der Waals surface area (Å²) in [4.78, 5) is 26.5. The summed E-state index contributed by atoms with van der Waals surface area (Å²) in [7, 11) is 0. The zero-order chi connectivity index (χ0) is 15.3. The lowest BCUT2D eigenvalue weighted by Crippen LogP contribution is -2.37. The summed E-state index contributed by atoms with van der Waals surface area (Å²) in [6.45, 7) is 5.26. The van der Waals surface area contributed by atoms with Crippen LogP contribution in [0, 0.1) is 11.8 Å². The van der Waals surface area contributed by atoms with Gasteiger partial charge < -0.3 is 20.3 Å². The number of likely N-dealkylation sites (tertiary alicyclic amines) is 1. The third-order valence-electron chi connectivity index (χ3n) is 4.84. The SMILES string of the molecule is CC1Oc2c(cccc2C(=O)N2C[C@H]3CNC[C@H]3C2)NC1=O. The molecule has 0 aliphatic carbocycles. The first-order valence-electron chi connectivity index (χ1n) is 7.74. The van der Waals surface area contributed by atoms with Crippen molar-refractivity contribution in [2.45, 2.75) is 13.0 Å². The minimum atomic E-state index is -0.580. The van der Waals surface area contributed by atoms with E-state index in [-0.39, 0.29) is 11.8 Å². The van der Waals surface area contributed by atoms with Crippen molar-refractivity contribution in [3.8, 4) is 5.75 Å². The molecule has 1 aromatic rings. The summed E-state index contributed by atoms with van der Waals surface area (Å²) in [6, 6.07) is 5.32. The fraction of sp³-hybridized carbons (Fsp3) is 0.500. The molecule has 0 radical (unpaired) electrons. The number of carbonyl (C=O) groups excluding carboxylic acids is 2. The van der Waals surface area contributed by atoms with Gasteiger partial charge in [-0.25, -0.2) is 0 Å². The highest BCUT2D eigenvalue weighted by Gasteiger charge is 2.39. The first-order chi connectivity index (χ1) is 10.6. The van der Waals surface area contributed by atoms with Gasteiger partial charge in [0.1, 0.15) is 0 Å². The van der Waals surface area contributed by atoms with E-state index in [1.165, 1.54) is 0 Å². The molecule has 6 nitrogen and oxygen atoms in total. The van der Waals surface area contributed by atoms with Crippen molar-refractivity contribution in [2.75, 3.05) is 31.5 Å². The fourth-order valence-corrected chi connectivity index (χ4v) is 3.59. The van der Waals surface area contributed by atoms with E-state index in [4.69, 9.17) is 4.74 Å². The van der Waals surface area contributed by atoms with Crippen LogP contribution in [0.4, 0.5) is 5.69 Å². The van der Waals surface area contributed by atoms with Gasteiger partial charge in [0.25, 0.3) is 11.8 Å². The van der Waals surface area contributed by atoms with Gasteiger partial charge in [-0.2, -0.15) is 0 Å². The van der Waals surface area contributed by atoms with E-state index in [1.54, 1.807) is 25.1 Å². The average molecular weight is 301 g/mol. The Balaban J connectivity index is 1.62. The maximum absolute atomic E-state index is 12.9. The Bertz CT molecular complexity index is 634. The molecule has 1 aromatic carbocycles. The average Bonchev–Trinajstić information content (AvgIpc) is 3.08. The molecule has 2 fully saturated rings. The molecule has 0 aromatic heterocycles. The third-order valence-corrected chi connectivity index (χ3v) is 4.84. The van der Waals surface area contributed by atoms with Gasteiger partial charge in [-0.1, -0.05) is 6.07 Å². The predicted octanol–water partition coefficient (Wildman–Crippen LogP) is 0.697. The van der Waals surface area contributed by atoms with E-state index < -0.39 is 6.10 Å². The summed E-state index contributed by atoms with van der Waals surface area (Å²) in [5.41, 5.74) is 1.12. The Kier molecular flexibility index (Phi) is 3.07. The molecule has 2 amide bonds. The van der Waals surface area contributed by atoms with Crippen LogP contribution in [0.2, 0.25) is 0 Å². The Morgan fingerprint density at radius 1 is 1.27 bits per heavy atom. The van der Waals surface area contributed by atoms with E-state index in [0.29, 0.717) is 28.8 Å². The molecule has 6 heteroatoms. The van der Waals surface area contributed by atoms with E-state index >= 15 is 0 Å². The van der Waals surface area contributed by atoms with Gasteiger partial charge in [0, 0.05) is 26.2 Å². The molecule has 0 spiro atoms. The van der Waals surface area contributed by atoms with Crippen LogP contribution in [0.3, 0.4) is 0 Å². The molecule has 2 saturated heterocycles. The van der Waals surface area contributed by atoms with Crippen LogP contribution >= 0.6 is 0 Å². The summed E-state index contributed by atoms with van der Waals surface area (Å²) in [5.74, 6) is 1.43. The third kappa shape index (κ3) is 2.06. The largest absolute Gasteiger partial charge is 0.478 e. The number of rotatable bonds is 1. The standard InChI is InChI=1S/C16H19N3O3/c1-9-15(20)18-13-4-2-3-12(14(13)22-9)16(21)19-7-10-5-17-6-11(10)8-19/h2-4,9-11,17H,5-8H2,1H3,(H,18,20)/t9?,10-,11+. The topological polar surface area (TPSA) is 70.7 Å². The second-order valence-corrected chi connectivity index (χ2v) is 6.32. The molecule has 0 bridgehead atoms. The summed E-state index contributed by atoms with van der Waals surface area (Å²) < 4.78 is 5.68. The van der Waals surface area contributed by atoms with Crippen molar-refractivity contribution >= 4 is 17.5 Å². The number of benzene rings is 1. The fourth-order valence-electron chi connectivity index (χ4n) is 3.59.